The molecule has 0 fully saturated rings. The Kier molecular flexibility index (Phi) is 4.34. The van der Waals surface area contributed by atoms with Gasteiger partial charge in [0.05, 0.1) is 10.7 Å². The van der Waals surface area contributed by atoms with E-state index in [0.29, 0.717) is 10.7 Å². The summed E-state index contributed by atoms with van der Waals surface area (Å²) in [4.78, 5) is 15.6. The predicted molar refractivity (Wildman–Crippen MR) is 80.1 cm³/mol. The van der Waals surface area contributed by atoms with Gasteiger partial charge in [0.15, 0.2) is 0 Å². The van der Waals surface area contributed by atoms with Crippen molar-refractivity contribution in [1.29, 1.82) is 0 Å². The molecule has 21 heavy (non-hydrogen) atoms. The first-order valence-corrected chi connectivity index (χ1v) is 8.09. The Morgan fingerprint density at radius 3 is 2.71 bits per heavy atom. The minimum atomic E-state index is -3.79. The van der Waals surface area contributed by atoms with Crippen molar-refractivity contribution in [1.82, 2.24) is 9.55 Å². The van der Waals surface area contributed by atoms with Crippen LogP contribution in [0.25, 0.3) is 0 Å². The molecule has 1 heterocycles. The molecule has 0 aliphatic carbocycles. The van der Waals surface area contributed by atoms with Crippen LogP contribution in [-0.2, 0) is 21.7 Å². The van der Waals surface area contributed by atoms with E-state index in [1.165, 1.54) is 17.0 Å². The monoisotopic (exact) mass is 327 g/mol. The highest BCUT2D eigenvalue weighted by Gasteiger charge is 2.23. The van der Waals surface area contributed by atoms with Gasteiger partial charge in [0.2, 0.25) is 20.9 Å². The number of hydrogen-bond acceptors (Lipinski definition) is 4. The molecule has 2 rings (SSSR count). The molecule has 0 radical (unpaired) electrons. The number of hydrogen-bond donors (Lipinski definition) is 1. The van der Waals surface area contributed by atoms with Gasteiger partial charge in [-0.3, -0.25) is 4.79 Å². The molecule has 0 saturated carbocycles. The second-order valence-corrected chi connectivity index (χ2v) is 6.90. The number of aromatic nitrogens is 2. The summed E-state index contributed by atoms with van der Waals surface area (Å²) in [5, 5.41) is 2.70. The summed E-state index contributed by atoms with van der Waals surface area (Å²) >= 11 is 5.99. The Labute approximate surface area is 127 Å². The van der Waals surface area contributed by atoms with Crippen LogP contribution in [0, 0.1) is 6.92 Å². The van der Waals surface area contributed by atoms with Crippen LogP contribution in [0.2, 0.25) is 5.02 Å². The fourth-order valence-electron chi connectivity index (χ4n) is 1.80. The summed E-state index contributed by atoms with van der Waals surface area (Å²) in [7, 11) is -2.24. The molecule has 1 N–H and O–H groups in total. The van der Waals surface area contributed by atoms with E-state index in [1.807, 2.05) is 6.92 Å². The van der Waals surface area contributed by atoms with Crippen LogP contribution in [0.3, 0.4) is 0 Å². The minimum absolute atomic E-state index is 0.146. The zero-order chi connectivity index (χ0) is 15.6. The molecule has 1 amide bonds. The molecule has 1 aromatic carbocycles. The van der Waals surface area contributed by atoms with E-state index in [-0.39, 0.29) is 5.16 Å². The molecule has 6 nitrogen and oxygen atoms in total. The number of rotatable bonds is 4. The summed E-state index contributed by atoms with van der Waals surface area (Å²) in [6.45, 7) is 1.86. The van der Waals surface area contributed by atoms with Gasteiger partial charge in [-0.2, -0.15) is 0 Å². The Hall–Kier alpha value is -1.86. The van der Waals surface area contributed by atoms with E-state index in [9.17, 15) is 13.2 Å². The highest BCUT2D eigenvalue weighted by atomic mass is 35.5. The van der Waals surface area contributed by atoms with Crippen LogP contribution in [-0.4, -0.2) is 29.6 Å². The maximum Gasteiger partial charge on any atom is 0.240 e. The lowest BCUT2D eigenvalue weighted by Gasteiger charge is -2.08. The zero-order valence-corrected chi connectivity index (χ0v) is 13.1. The lowest BCUT2D eigenvalue weighted by molar-refractivity contribution is -0.113. The molecule has 0 spiro atoms. The molecular weight excluding hydrogens is 314 g/mol. The maximum absolute atomic E-state index is 12.1. The number of amides is 1. The van der Waals surface area contributed by atoms with Gasteiger partial charge in [0.25, 0.3) is 0 Å². The smallest absolute Gasteiger partial charge is 0.240 e. The molecule has 8 heteroatoms. The average Bonchev–Trinajstić information content (AvgIpc) is 2.79. The van der Waals surface area contributed by atoms with Crippen molar-refractivity contribution in [2.45, 2.75) is 12.1 Å². The van der Waals surface area contributed by atoms with Gasteiger partial charge in [-0.1, -0.05) is 17.7 Å². The zero-order valence-electron chi connectivity index (χ0n) is 11.5. The van der Waals surface area contributed by atoms with E-state index < -0.39 is 21.5 Å². The van der Waals surface area contributed by atoms with Crippen molar-refractivity contribution in [3.05, 3.63) is 41.2 Å². The van der Waals surface area contributed by atoms with Crippen molar-refractivity contribution < 1.29 is 13.2 Å². The highest BCUT2D eigenvalue weighted by Crippen LogP contribution is 2.22. The number of nitrogens with zero attached hydrogens (tertiary/aromatic N) is 2. The van der Waals surface area contributed by atoms with Gasteiger partial charge in [-0.25, -0.2) is 13.4 Å². The summed E-state index contributed by atoms with van der Waals surface area (Å²) in [5.74, 6) is -1.36. The Balaban J connectivity index is 2.13. The van der Waals surface area contributed by atoms with Gasteiger partial charge in [-0.15, -0.1) is 0 Å². The number of nitrogens with one attached hydrogen (secondary N) is 1. The standard InChI is InChI=1S/C13H14ClN3O3S/c1-9-3-4-11(10(14)7-9)16-12(18)8-21(19,20)13-15-5-6-17(13)2/h3-7H,8H2,1-2H3,(H,16,18). The van der Waals surface area contributed by atoms with Crippen molar-refractivity contribution in [3.63, 3.8) is 0 Å². The second kappa shape index (κ2) is 5.87. The third-order valence-electron chi connectivity index (χ3n) is 2.77. The molecule has 0 saturated heterocycles. The van der Waals surface area contributed by atoms with E-state index in [4.69, 9.17) is 11.6 Å². The van der Waals surface area contributed by atoms with Gasteiger partial charge in [-0.05, 0) is 24.6 Å². The summed E-state index contributed by atoms with van der Waals surface area (Å²) in [5.41, 5.74) is 1.32. The molecule has 0 aliphatic rings. The maximum atomic E-state index is 12.1. The lowest BCUT2D eigenvalue weighted by Crippen LogP contribution is -2.24. The molecule has 0 aliphatic heterocycles. The number of benzene rings is 1. The first kappa shape index (κ1) is 15.5. The van der Waals surface area contributed by atoms with E-state index in [0.717, 1.165) is 5.56 Å². The molecule has 0 atom stereocenters. The quantitative estimate of drug-likeness (QED) is 0.928. The van der Waals surface area contributed by atoms with Gasteiger partial charge < -0.3 is 9.88 Å². The topological polar surface area (TPSA) is 81.1 Å². The largest absolute Gasteiger partial charge is 0.325 e. The van der Waals surface area contributed by atoms with Crippen LogP contribution in [0.1, 0.15) is 5.56 Å². The molecule has 0 unspecified atom stereocenters. The third kappa shape index (κ3) is 3.62. The number of carbonyl (C=O) groups excluding carboxylic acids is 1. The predicted octanol–water partition coefficient (Wildman–Crippen LogP) is 1.79. The number of sulfone groups is 1. The van der Waals surface area contributed by atoms with Crippen molar-refractivity contribution in [3.8, 4) is 0 Å². The normalized spacial score (nSPS) is 11.4. The van der Waals surface area contributed by atoms with Gasteiger partial charge in [0.1, 0.15) is 5.75 Å². The SMILES string of the molecule is Cc1ccc(NC(=O)CS(=O)(=O)c2nccn2C)c(Cl)c1. The lowest BCUT2D eigenvalue weighted by atomic mass is 10.2. The molecule has 2 aromatic rings. The Bertz CT molecular complexity index is 784. The molecule has 1 aromatic heterocycles. The van der Waals surface area contributed by atoms with Crippen LogP contribution in [0.4, 0.5) is 5.69 Å². The van der Waals surface area contributed by atoms with Crippen molar-refractivity contribution in [2.24, 2.45) is 7.05 Å². The fraction of sp³-hybridized carbons (Fsp3) is 0.231. The fourth-order valence-corrected chi connectivity index (χ4v) is 3.35. The average molecular weight is 328 g/mol. The van der Waals surface area contributed by atoms with E-state index in [2.05, 4.69) is 10.3 Å². The Morgan fingerprint density at radius 1 is 1.43 bits per heavy atom. The van der Waals surface area contributed by atoms with Crippen molar-refractivity contribution in [2.75, 3.05) is 11.1 Å². The summed E-state index contributed by atoms with van der Waals surface area (Å²) in [6.07, 6.45) is 2.86. The molecule has 112 valence electrons. The van der Waals surface area contributed by atoms with Crippen LogP contribution >= 0.6 is 11.6 Å². The molecule has 0 bridgehead atoms. The summed E-state index contributed by atoms with van der Waals surface area (Å²) in [6, 6.07) is 5.09. The number of carbonyl (C=O) groups is 1. The second-order valence-electron chi connectivity index (χ2n) is 4.61. The number of aryl methyl sites for hydroxylation is 2. The minimum Gasteiger partial charge on any atom is -0.325 e. The summed E-state index contributed by atoms with van der Waals surface area (Å²) < 4.78 is 25.5. The van der Waals surface area contributed by atoms with Gasteiger partial charge in [0, 0.05) is 19.4 Å². The first-order chi connectivity index (χ1) is 9.79. The number of imidazole rings is 1. The van der Waals surface area contributed by atoms with E-state index >= 15 is 0 Å². The number of halogens is 1. The van der Waals surface area contributed by atoms with Crippen LogP contribution in [0.5, 0.6) is 0 Å². The third-order valence-corrected chi connectivity index (χ3v) is 4.68. The first-order valence-electron chi connectivity index (χ1n) is 6.05. The number of anilines is 1. The highest BCUT2D eigenvalue weighted by molar-refractivity contribution is 7.92. The Morgan fingerprint density at radius 2 is 2.14 bits per heavy atom. The van der Waals surface area contributed by atoms with Crippen LogP contribution < -0.4 is 5.32 Å². The van der Waals surface area contributed by atoms with Crippen LogP contribution in [0.15, 0.2) is 35.7 Å². The van der Waals surface area contributed by atoms with E-state index in [1.54, 1.807) is 25.2 Å². The van der Waals surface area contributed by atoms with Gasteiger partial charge >= 0.3 is 0 Å². The van der Waals surface area contributed by atoms with Crippen molar-refractivity contribution >= 4 is 33.0 Å². The molecular formula is C13H14ClN3O3S.